The standard InChI is InChI=1S/C7H13Cl2N2O3P/c8-2-3-10-15(13)11(7(12)6-9)4-1-5-14-15/h1-6H2,(H,10,13). The van der Waals surface area contributed by atoms with Gasteiger partial charge < -0.3 is 4.52 Å². The van der Waals surface area contributed by atoms with Crippen LogP contribution in [0.25, 0.3) is 0 Å². The third-order valence-electron chi connectivity index (χ3n) is 1.91. The van der Waals surface area contributed by atoms with Gasteiger partial charge in [-0.15, -0.1) is 23.2 Å². The molecule has 0 bridgehead atoms. The van der Waals surface area contributed by atoms with Crippen molar-refractivity contribution in [3.8, 4) is 0 Å². The number of amides is 1. The number of carbonyl (C=O) groups excluding carboxylic acids is 1. The Balaban J connectivity index is 2.72. The first-order chi connectivity index (χ1) is 7.14. The maximum atomic E-state index is 12.2. The van der Waals surface area contributed by atoms with E-state index in [1.54, 1.807) is 0 Å². The minimum absolute atomic E-state index is 0.199. The normalized spacial score (nSPS) is 26.7. The fourth-order valence-corrected chi connectivity index (χ4v) is 3.65. The molecule has 0 spiro atoms. The smallest absolute Gasteiger partial charge is 0.302 e. The summed E-state index contributed by atoms with van der Waals surface area (Å²) in [6.45, 7) is 1.10. The van der Waals surface area contributed by atoms with Gasteiger partial charge in [0.1, 0.15) is 5.88 Å². The van der Waals surface area contributed by atoms with E-state index in [4.69, 9.17) is 27.7 Å². The van der Waals surface area contributed by atoms with E-state index >= 15 is 0 Å². The van der Waals surface area contributed by atoms with Gasteiger partial charge in [-0.05, 0) is 6.42 Å². The molecular weight excluding hydrogens is 262 g/mol. The number of halogens is 2. The van der Waals surface area contributed by atoms with Crippen molar-refractivity contribution in [2.24, 2.45) is 0 Å². The summed E-state index contributed by atoms with van der Waals surface area (Å²) in [4.78, 5) is 11.4. The number of alkyl halides is 2. The lowest BCUT2D eigenvalue weighted by Crippen LogP contribution is -2.39. The third-order valence-corrected chi connectivity index (χ3v) is 4.54. The number of rotatable bonds is 4. The van der Waals surface area contributed by atoms with E-state index in [9.17, 15) is 9.36 Å². The first-order valence-corrected chi connectivity index (χ1v) is 7.21. The summed E-state index contributed by atoms with van der Waals surface area (Å²) in [6.07, 6.45) is 0.662. The van der Waals surface area contributed by atoms with Crippen LogP contribution < -0.4 is 5.09 Å². The largest absolute Gasteiger partial charge is 0.370 e. The summed E-state index contributed by atoms with van der Waals surface area (Å²) < 4.78 is 18.5. The molecule has 1 saturated heterocycles. The molecular formula is C7H13Cl2N2O3P. The predicted molar refractivity (Wildman–Crippen MR) is 59.3 cm³/mol. The first kappa shape index (κ1) is 13.3. The molecule has 1 aliphatic rings. The molecule has 8 heteroatoms. The van der Waals surface area contributed by atoms with E-state index in [1.807, 2.05) is 0 Å². The fraction of sp³-hybridized carbons (Fsp3) is 0.857. The molecule has 1 N–H and O–H groups in total. The van der Waals surface area contributed by atoms with Gasteiger partial charge in [0.25, 0.3) is 0 Å². The average molecular weight is 275 g/mol. The van der Waals surface area contributed by atoms with Crippen LogP contribution in [0.3, 0.4) is 0 Å². The highest BCUT2D eigenvalue weighted by Crippen LogP contribution is 2.49. The Bertz CT molecular complexity index is 277. The van der Waals surface area contributed by atoms with E-state index in [-0.39, 0.29) is 11.8 Å². The van der Waals surface area contributed by atoms with Crippen LogP contribution in [-0.4, -0.2) is 42.0 Å². The zero-order chi connectivity index (χ0) is 11.3. The van der Waals surface area contributed by atoms with Crippen LogP contribution >= 0.6 is 30.9 Å². The number of hydrogen-bond donors (Lipinski definition) is 1. The molecule has 1 unspecified atom stereocenters. The topological polar surface area (TPSA) is 58.6 Å². The van der Waals surface area contributed by atoms with Crippen LogP contribution in [0.1, 0.15) is 6.42 Å². The second kappa shape index (κ2) is 6.06. The van der Waals surface area contributed by atoms with Crippen molar-refractivity contribution >= 4 is 36.8 Å². The first-order valence-electron chi connectivity index (χ1n) is 4.56. The van der Waals surface area contributed by atoms with Crippen molar-refractivity contribution in [3.05, 3.63) is 0 Å². The lowest BCUT2D eigenvalue weighted by atomic mass is 10.4. The lowest BCUT2D eigenvalue weighted by molar-refractivity contribution is -0.125. The van der Waals surface area contributed by atoms with Crippen molar-refractivity contribution in [3.63, 3.8) is 0 Å². The maximum Gasteiger partial charge on any atom is 0.370 e. The molecule has 1 atom stereocenters. The summed E-state index contributed by atoms with van der Waals surface area (Å²) in [6, 6.07) is 0. The van der Waals surface area contributed by atoms with E-state index < -0.39 is 7.67 Å². The van der Waals surface area contributed by atoms with Gasteiger partial charge >= 0.3 is 7.67 Å². The summed E-state index contributed by atoms with van der Waals surface area (Å²) in [7, 11) is -3.25. The van der Waals surface area contributed by atoms with Gasteiger partial charge in [-0.1, -0.05) is 0 Å². The number of nitrogens with one attached hydrogen (secondary N) is 1. The minimum atomic E-state index is -3.25. The van der Waals surface area contributed by atoms with Gasteiger partial charge in [-0.2, -0.15) is 0 Å². The molecule has 5 nitrogen and oxygen atoms in total. The molecule has 1 aliphatic heterocycles. The molecule has 0 radical (unpaired) electrons. The molecule has 1 heterocycles. The van der Waals surface area contributed by atoms with Crippen molar-refractivity contribution in [2.45, 2.75) is 6.42 Å². The van der Waals surface area contributed by atoms with Crippen LogP contribution in [0.4, 0.5) is 0 Å². The van der Waals surface area contributed by atoms with Gasteiger partial charge in [0.05, 0.1) is 6.61 Å². The zero-order valence-electron chi connectivity index (χ0n) is 8.12. The van der Waals surface area contributed by atoms with Crippen LogP contribution in [0, 0.1) is 0 Å². The molecule has 0 aromatic rings. The Hall–Kier alpha value is 0.200. The summed E-state index contributed by atoms with van der Waals surface area (Å²) in [5.41, 5.74) is 0. The summed E-state index contributed by atoms with van der Waals surface area (Å²) >= 11 is 10.9. The van der Waals surface area contributed by atoms with Crippen molar-refractivity contribution in [2.75, 3.05) is 31.5 Å². The van der Waals surface area contributed by atoms with Gasteiger partial charge in [0.2, 0.25) is 5.91 Å². The Kier molecular flexibility index (Phi) is 5.36. The maximum absolute atomic E-state index is 12.2. The van der Waals surface area contributed by atoms with Crippen molar-refractivity contribution < 1.29 is 13.9 Å². The Morgan fingerprint density at radius 2 is 2.27 bits per heavy atom. The Morgan fingerprint density at radius 3 is 2.87 bits per heavy atom. The van der Waals surface area contributed by atoms with Crippen LogP contribution in [-0.2, 0) is 13.9 Å². The second-order valence-electron chi connectivity index (χ2n) is 2.95. The number of carbonyl (C=O) groups is 1. The molecule has 0 aromatic carbocycles. The average Bonchev–Trinajstić information content (AvgIpc) is 2.26. The van der Waals surface area contributed by atoms with Gasteiger partial charge in [-0.25, -0.2) is 9.65 Å². The van der Waals surface area contributed by atoms with Gasteiger partial charge in [0.15, 0.2) is 0 Å². The van der Waals surface area contributed by atoms with Crippen LogP contribution in [0.5, 0.6) is 0 Å². The lowest BCUT2D eigenvalue weighted by Gasteiger charge is -2.34. The molecule has 0 saturated carbocycles. The number of hydrogen-bond acceptors (Lipinski definition) is 3. The second-order valence-corrected chi connectivity index (χ2v) is 5.70. The molecule has 88 valence electrons. The summed E-state index contributed by atoms with van der Waals surface area (Å²) in [5, 5.41) is 2.66. The molecule has 0 aliphatic carbocycles. The SMILES string of the molecule is O=C(CCl)N1CCCOP1(=O)NCCCl. The van der Waals surface area contributed by atoms with E-state index in [2.05, 4.69) is 5.09 Å². The van der Waals surface area contributed by atoms with E-state index in [0.29, 0.717) is 32.0 Å². The van der Waals surface area contributed by atoms with Crippen molar-refractivity contribution in [1.29, 1.82) is 0 Å². The molecule has 1 fully saturated rings. The predicted octanol–water partition coefficient (Wildman–Crippen LogP) is 1.41. The van der Waals surface area contributed by atoms with Crippen LogP contribution in [0.15, 0.2) is 0 Å². The highest BCUT2D eigenvalue weighted by atomic mass is 35.5. The third kappa shape index (κ3) is 3.33. The quantitative estimate of drug-likeness (QED) is 0.622. The highest BCUT2D eigenvalue weighted by molar-refractivity contribution is 7.55. The minimum Gasteiger partial charge on any atom is -0.302 e. The zero-order valence-corrected chi connectivity index (χ0v) is 10.5. The van der Waals surface area contributed by atoms with Gasteiger partial charge in [-0.3, -0.25) is 9.46 Å². The highest BCUT2D eigenvalue weighted by Gasteiger charge is 2.37. The van der Waals surface area contributed by atoms with Crippen LogP contribution in [0.2, 0.25) is 0 Å². The molecule has 1 amide bonds. The Morgan fingerprint density at radius 1 is 1.53 bits per heavy atom. The monoisotopic (exact) mass is 274 g/mol. The summed E-state index contributed by atoms with van der Waals surface area (Å²) in [5.74, 6) is -0.284. The molecule has 1 rings (SSSR count). The van der Waals surface area contributed by atoms with E-state index in [0.717, 1.165) is 0 Å². The van der Waals surface area contributed by atoms with E-state index in [1.165, 1.54) is 4.67 Å². The fourth-order valence-electron chi connectivity index (χ4n) is 1.26. The van der Waals surface area contributed by atoms with Crippen molar-refractivity contribution in [1.82, 2.24) is 9.76 Å². The Labute approximate surface area is 98.6 Å². The number of nitrogens with zero attached hydrogens (tertiary/aromatic N) is 1. The molecule has 15 heavy (non-hydrogen) atoms. The molecule has 0 aromatic heterocycles. The van der Waals surface area contributed by atoms with Gasteiger partial charge in [0, 0.05) is 19.0 Å².